The van der Waals surface area contributed by atoms with Gasteiger partial charge in [-0.15, -0.1) is 0 Å². The van der Waals surface area contributed by atoms with E-state index in [-0.39, 0.29) is 25.7 Å². The van der Waals surface area contributed by atoms with Gasteiger partial charge in [-0.2, -0.15) is 5.10 Å². The van der Waals surface area contributed by atoms with Gasteiger partial charge in [0.1, 0.15) is 6.61 Å². The Kier molecular flexibility index (Phi) is 4.22. The standard InChI is InChI=1S/C16H17N3O5/c1-9-11(2-3-12-13(9)8-24-15(12)21)14(20)7-19(16(22)23)6-10-4-17-18-5-10/h2-5,14,20H,6-8H2,1H3,(H,17,18)(H,22,23). The minimum atomic E-state index is -1.13. The highest BCUT2D eigenvalue weighted by Crippen LogP contribution is 2.29. The van der Waals surface area contributed by atoms with Crippen LogP contribution in [0.5, 0.6) is 0 Å². The number of aliphatic hydroxyl groups excluding tert-OH is 1. The first-order valence-corrected chi connectivity index (χ1v) is 7.40. The number of aromatic nitrogens is 2. The molecule has 1 aliphatic heterocycles. The number of ether oxygens (including phenoxy) is 1. The van der Waals surface area contributed by atoms with Crippen LogP contribution in [0.25, 0.3) is 0 Å². The summed E-state index contributed by atoms with van der Waals surface area (Å²) in [5.41, 5.74) is 3.28. The van der Waals surface area contributed by atoms with Gasteiger partial charge in [0, 0.05) is 17.3 Å². The fraction of sp³-hybridized carbons (Fsp3) is 0.312. The highest BCUT2D eigenvalue weighted by Gasteiger charge is 2.27. The minimum Gasteiger partial charge on any atom is -0.465 e. The lowest BCUT2D eigenvalue weighted by Crippen LogP contribution is -2.33. The predicted molar refractivity (Wildman–Crippen MR) is 82.3 cm³/mol. The summed E-state index contributed by atoms with van der Waals surface area (Å²) in [6, 6.07) is 3.25. The Balaban J connectivity index is 1.79. The van der Waals surface area contributed by atoms with E-state index in [4.69, 9.17) is 4.74 Å². The van der Waals surface area contributed by atoms with Gasteiger partial charge >= 0.3 is 12.1 Å². The smallest absolute Gasteiger partial charge is 0.407 e. The molecule has 0 aliphatic carbocycles. The maximum absolute atomic E-state index is 11.6. The molecule has 3 N–H and O–H groups in total. The molecule has 126 valence electrons. The van der Waals surface area contributed by atoms with Gasteiger partial charge in [-0.1, -0.05) is 6.07 Å². The van der Waals surface area contributed by atoms with Crippen molar-refractivity contribution in [3.05, 3.63) is 52.3 Å². The number of aliphatic hydroxyl groups is 1. The summed E-state index contributed by atoms with van der Waals surface area (Å²) >= 11 is 0. The van der Waals surface area contributed by atoms with E-state index >= 15 is 0 Å². The molecule has 2 heterocycles. The first-order valence-electron chi connectivity index (χ1n) is 7.40. The maximum Gasteiger partial charge on any atom is 0.407 e. The van der Waals surface area contributed by atoms with E-state index < -0.39 is 12.2 Å². The van der Waals surface area contributed by atoms with Crippen LogP contribution in [-0.2, 0) is 17.9 Å². The number of carbonyl (C=O) groups is 2. The van der Waals surface area contributed by atoms with Crippen molar-refractivity contribution in [2.75, 3.05) is 6.54 Å². The third-order valence-electron chi connectivity index (χ3n) is 4.16. The number of cyclic esters (lactones) is 1. The number of hydrogen-bond donors (Lipinski definition) is 3. The molecule has 1 unspecified atom stereocenters. The number of nitrogens with one attached hydrogen (secondary N) is 1. The molecule has 1 aliphatic rings. The lowest BCUT2D eigenvalue weighted by molar-refractivity contribution is 0.0534. The molecule has 0 saturated carbocycles. The average molecular weight is 331 g/mol. The zero-order valence-electron chi connectivity index (χ0n) is 13.0. The fourth-order valence-corrected chi connectivity index (χ4v) is 2.83. The van der Waals surface area contributed by atoms with Gasteiger partial charge in [0.25, 0.3) is 0 Å². The van der Waals surface area contributed by atoms with Crippen LogP contribution in [0.4, 0.5) is 4.79 Å². The first-order chi connectivity index (χ1) is 11.5. The molecule has 8 nitrogen and oxygen atoms in total. The molecule has 1 atom stereocenters. The molecule has 3 rings (SSSR count). The van der Waals surface area contributed by atoms with Gasteiger partial charge in [0.05, 0.1) is 31.0 Å². The Bertz CT molecular complexity index is 772. The van der Waals surface area contributed by atoms with Crippen LogP contribution in [0.2, 0.25) is 0 Å². The number of rotatable bonds is 5. The van der Waals surface area contributed by atoms with Crippen LogP contribution in [0.1, 0.15) is 38.7 Å². The minimum absolute atomic E-state index is 0.0883. The number of amides is 1. The van der Waals surface area contributed by atoms with Crippen LogP contribution in [0, 0.1) is 6.92 Å². The summed E-state index contributed by atoms with van der Waals surface area (Å²) in [4.78, 5) is 24.1. The number of esters is 1. The largest absolute Gasteiger partial charge is 0.465 e. The molecule has 24 heavy (non-hydrogen) atoms. The monoisotopic (exact) mass is 331 g/mol. The van der Waals surface area contributed by atoms with Crippen molar-refractivity contribution in [2.24, 2.45) is 0 Å². The van der Waals surface area contributed by atoms with E-state index in [1.807, 2.05) is 0 Å². The molecule has 1 amide bonds. The van der Waals surface area contributed by atoms with Crippen molar-refractivity contribution in [3.8, 4) is 0 Å². The number of carbonyl (C=O) groups excluding carboxylic acids is 1. The number of H-pyrrole nitrogens is 1. The molecular weight excluding hydrogens is 314 g/mol. The third kappa shape index (κ3) is 2.95. The van der Waals surface area contributed by atoms with E-state index in [9.17, 15) is 19.8 Å². The normalized spacial score (nSPS) is 14.2. The van der Waals surface area contributed by atoms with E-state index in [2.05, 4.69) is 10.2 Å². The van der Waals surface area contributed by atoms with Gasteiger partial charge < -0.3 is 19.8 Å². The molecule has 0 spiro atoms. The van der Waals surface area contributed by atoms with Crippen molar-refractivity contribution < 1.29 is 24.5 Å². The topological polar surface area (TPSA) is 116 Å². The third-order valence-corrected chi connectivity index (χ3v) is 4.16. The SMILES string of the molecule is Cc1c(C(O)CN(Cc2cn[nH]c2)C(=O)O)ccc2c1COC2=O. The van der Waals surface area contributed by atoms with Gasteiger partial charge in [0.2, 0.25) is 0 Å². The van der Waals surface area contributed by atoms with Crippen molar-refractivity contribution in [3.63, 3.8) is 0 Å². The number of hydrogen-bond acceptors (Lipinski definition) is 5. The van der Waals surface area contributed by atoms with E-state index in [1.165, 1.54) is 6.20 Å². The number of nitrogens with zero attached hydrogens (tertiary/aromatic N) is 2. The summed E-state index contributed by atoms with van der Waals surface area (Å²) in [6.45, 7) is 2.00. The Morgan fingerprint density at radius 1 is 1.50 bits per heavy atom. The summed E-state index contributed by atoms with van der Waals surface area (Å²) in [7, 11) is 0. The van der Waals surface area contributed by atoms with Crippen molar-refractivity contribution in [1.82, 2.24) is 15.1 Å². The second-order valence-electron chi connectivity index (χ2n) is 5.67. The highest BCUT2D eigenvalue weighted by atomic mass is 16.5. The molecule has 0 radical (unpaired) electrons. The van der Waals surface area contributed by atoms with Crippen LogP contribution < -0.4 is 0 Å². The molecule has 0 saturated heterocycles. The molecule has 0 bridgehead atoms. The first kappa shape index (κ1) is 16.0. The highest BCUT2D eigenvalue weighted by molar-refractivity contribution is 5.93. The predicted octanol–water partition coefficient (Wildman–Crippen LogP) is 1.60. The van der Waals surface area contributed by atoms with Crippen LogP contribution in [0.15, 0.2) is 24.5 Å². The molecule has 1 aromatic heterocycles. The number of carboxylic acid groups (broad SMARTS) is 1. The van der Waals surface area contributed by atoms with Crippen molar-refractivity contribution >= 4 is 12.1 Å². The molecule has 2 aromatic rings. The van der Waals surface area contributed by atoms with E-state index in [0.29, 0.717) is 16.7 Å². The summed E-state index contributed by atoms with van der Waals surface area (Å²) in [6.07, 6.45) is 0.999. The van der Waals surface area contributed by atoms with Crippen molar-refractivity contribution in [1.29, 1.82) is 0 Å². The molecule has 8 heteroatoms. The van der Waals surface area contributed by atoms with Gasteiger partial charge in [-0.05, 0) is 24.1 Å². The summed E-state index contributed by atoms with van der Waals surface area (Å²) in [5.74, 6) is -0.374. The number of benzene rings is 1. The second kappa shape index (κ2) is 6.32. The quantitative estimate of drug-likeness (QED) is 0.717. The van der Waals surface area contributed by atoms with Crippen molar-refractivity contribution in [2.45, 2.75) is 26.2 Å². The molecule has 1 aromatic carbocycles. The average Bonchev–Trinajstić information content (AvgIpc) is 3.17. The Labute approximate surface area is 137 Å². The maximum atomic E-state index is 11.6. The summed E-state index contributed by atoms with van der Waals surface area (Å²) < 4.78 is 4.99. The lowest BCUT2D eigenvalue weighted by Gasteiger charge is -2.23. The Morgan fingerprint density at radius 3 is 2.96 bits per heavy atom. The van der Waals surface area contributed by atoms with Crippen LogP contribution >= 0.6 is 0 Å². The molecular formula is C16H17N3O5. The van der Waals surface area contributed by atoms with Gasteiger partial charge in [-0.3, -0.25) is 5.10 Å². The number of aromatic amines is 1. The van der Waals surface area contributed by atoms with E-state index in [1.54, 1.807) is 25.3 Å². The van der Waals surface area contributed by atoms with Crippen LogP contribution in [-0.4, -0.2) is 43.9 Å². The Morgan fingerprint density at radius 2 is 2.29 bits per heavy atom. The second-order valence-corrected chi connectivity index (χ2v) is 5.67. The van der Waals surface area contributed by atoms with E-state index in [0.717, 1.165) is 16.0 Å². The van der Waals surface area contributed by atoms with Gasteiger partial charge in [0.15, 0.2) is 0 Å². The summed E-state index contributed by atoms with van der Waals surface area (Å²) in [5, 5.41) is 26.2. The number of fused-ring (bicyclic) bond motifs is 1. The van der Waals surface area contributed by atoms with Gasteiger partial charge in [-0.25, -0.2) is 9.59 Å². The molecule has 0 fully saturated rings. The zero-order chi connectivity index (χ0) is 17.3. The zero-order valence-corrected chi connectivity index (χ0v) is 13.0. The lowest BCUT2D eigenvalue weighted by atomic mass is 9.95. The Hall–Kier alpha value is -2.87. The van der Waals surface area contributed by atoms with Crippen LogP contribution in [0.3, 0.4) is 0 Å². The fourth-order valence-electron chi connectivity index (χ4n) is 2.83.